The van der Waals surface area contributed by atoms with Crippen molar-refractivity contribution in [3.05, 3.63) is 85.1 Å². The third-order valence-electron chi connectivity index (χ3n) is 7.57. The Morgan fingerprint density at radius 3 is 1.84 bits per heavy atom. The van der Waals surface area contributed by atoms with Crippen LogP contribution in [0.3, 0.4) is 0 Å². The molecule has 50 heavy (non-hydrogen) atoms. The van der Waals surface area contributed by atoms with Crippen LogP contribution in [0, 0.1) is 0 Å². The zero-order chi connectivity index (χ0) is 37.2. The quantitative estimate of drug-likeness (QED) is 0.0311. The maximum Gasteiger partial charge on any atom is 0.268 e. The number of quaternary nitrogens is 1. The summed E-state index contributed by atoms with van der Waals surface area (Å²) in [7, 11) is 1.20. The minimum atomic E-state index is -4.59. The fourth-order valence-corrected chi connectivity index (χ4v) is 5.27. The van der Waals surface area contributed by atoms with Crippen LogP contribution in [0.5, 0.6) is 0 Å². The van der Waals surface area contributed by atoms with E-state index < -0.39 is 26.6 Å². The number of phosphoric acid groups is 1. The molecule has 0 spiro atoms. The topological polar surface area (TPSA) is 108 Å². The van der Waals surface area contributed by atoms with Gasteiger partial charge in [0.1, 0.15) is 13.2 Å². The third kappa shape index (κ3) is 34.1. The lowest BCUT2D eigenvalue weighted by Gasteiger charge is -2.29. The Morgan fingerprint density at radius 1 is 0.720 bits per heavy atom. The summed E-state index contributed by atoms with van der Waals surface area (Å²) in [4.78, 5) is 25.1. The Morgan fingerprint density at radius 2 is 1.24 bits per heavy atom. The maximum absolute atomic E-state index is 12.7. The van der Waals surface area contributed by atoms with E-state index in [1.54, 1.807) is 6.08 Å². The second kappa shape index (κ2) is 32.6. The van der Waals surface area contributed by atoms with Gasteiger partial charge in [-0.05, 0) is 70.6 Å². The average Bonchev–Trinajstić information content (AvgIpc) is 3.06. The summed E-state index contributed by atoms with van der Waals surface area (Å²) in [5.74, 6) is -0.237. The van der Waals surface area contributed by atoms with E-state index in [-0.39, 0.29) is 12.5 Å². The van der Waals surface area contributed by atoms with Gasteiger partial charge in [-0.15, -0.1) is 0 Å². The molecule has 0 rings (SSSR count). The number of hydrogen-bond donors (Lipinski definition) is 2. The molecule has 0 radical (unpaired) electrons. The Bertz CT molecular complexity index is 1090. The molecule has 8 nitrogen and oxygen atoms in total. The van der Waals surface area contributed by atoms with Crippen LogP contribution in [0.1, 0.15) is 117 Å². The van der Waals surface area contributed by atoms with Crippen molar-refractivity contribution in [2.45, 2.75) is 129 Å². The molecule has 0 heterocycles. The number of carbonyl (C=O) groups excluding carboxylic acids is 1. The molecule has 0 aromatic carbocycles. The van der Waals surface area contributed by atoms with Gasteiger partial charge in [0.05, 0.1) is 39.9 Å². The summed E-state index contributed by atoms with van der Waals surface area (Å²) in [6, 6.07) is -0.915. The molecule has 0 aliphatic carbocycles. The molecule has 0 bridgehead atoms. The third-order valence-corrected chi connectivity index (χ3v) is 8.53. The summed E-state index contributed by atoms with van der Waals surface area (Å²) in [6.45, 7) is 4.33. The molecular formula is C41H71N2O6P. The van der Waals surface area contributed by atoms with Crippen molar-refractivity contribution in [1.82, 2.24) is 5.32 Å². The zero-order valence-corrected chi connectivity index (χ0v) is 32.9. The molecule has 0 saturated carbocycles. The lowest BCUT2D eigenvalue weighted by molar-refractivity contribution is -0.870. The number of nitrogens with one attached hydrogen (secondary N) is 1. The van der Waals surface area contributed by atoms with E-state index in [0.29, 0.717) is 17.4 Å². The van der Waals surface area contributed by atoms with E-state index in [0.717, 1.165) is 96.3 Å². The number of rotatable bonds is 32. The molecule has 0 fully saturated rings. The second-order valence-corrected chi connectivity index (χ2v) is 14.9. The van der Waals surface area contributed by atoms with Crippen molar-refractivity contribution in [3.63, 3.8) is 0 Å². The largest absolute Gasteiger partial charge is 0.756 e. The number of hydrogen-bond acceptors (Lipinski definition) is 6. The molecule has 0 aromatic rings. The molecule has 0 saturated heterocycles. The average molecular weight is 719 g/mol. The molecule has 2 N–H and O–H groups in total. The van der Waals surface area contributed by atoms with Crippen LogP contribution in [0.25, 0.3) is 0 Å². The Kier molecular flexibility index (Phi) is 31.1. The highest BCUT2D eigenvalue weighted by atomic mass is 31.2. The molecule has 3 unspecified atom stereocenters. The van der Waals surface area contributed by atoms with E-state index in [4.69, 9.17) is 9.05 Å². The lowest BCUT2D eigenvalue weighted by Crippen LogP contribution is -2.45. The minimum absolute atomic E-state index is 0.0162. The van der Waals surface area contributed by atoms with E-state index in [2.05, 4.69) is 92.1 Å². The van der Waals surface area contributed by atoms with Crippen LogP contribution < -0.4 is 10.2 Å². The molecule has 3 atom stereocenters. The van der Waals surface area contributed by atoms with Crippen LogP contribution in [0.4, 0.5) is 0 Å². The van der Waals surface area contributed by atoms with E-state index >= 15 is 0 Å². The van der Waals surface area contributed by atoms with Crippen molar-refractivity contribution in [1.29, 1.82) is 0 Å². The van der Waals surface area contributed by atoms with Crippen LogP contribution in [-0.2, 0) is 18.4 Å². The molecule has 0 aliphatic heterocycles. The van der Waals surface area contributed by atoms with Crippen LogP contribution in [0.2, 0.25) is 0 Å². The highest BCUT2D eigenvalue weighted by Crippen LogP contribution is 2.38. The van der Waals surface area contributed by atoms with E-state index in [1.165, 1.54) is 0 Å². The van der Waals surface area contributed by atoms with Crippen LogP contribution in [-0.4, -0.2) is 68.5 Å². The van der Waals surface area contributed by atoms with Gasteiger partial charge >= 0.3 is 0 Å². The minimum Gasteiger partial charge on any atom is -0.756 e. The predicted octanol–water partition coefficient (Wildman–Crippen LogP) is 9.21. The van der Waals surface area contributed by atoms with Crippen molar-refractivity contribution in [2.24, 2.45) is 0 Å². The smallest absolute Gasteiger partial charge is 0.268 e. The zero-order valence-electron chi connectivity index (χ0n) is 32.1. The molecule has 0 aromatic heterocycles. The fraction of sp³-hybridized carbons (Fsp3) is 0.634. The van der Waals surface area contributed by atoms with E-state index in [1.807, 2.05) is 27.2 Å². The van der Waals surface area contributed by atoms with Gasteiger partial charge < -0.3 is 28.8 Å². The number of allylic oxidation sites excluding steroid dienone is 13. The van der Waals surface area contributed by atoms with Gasteiger partial charge in [0.15, 0.2) is 0 Å². The Hall–Kier alpha value is -2.32. The monoisotopic (exact) mass is 719 g/mol. The van der Waals surface area contributed by atoms with Gasteiger partial charge in [-0.2, -0.15) is 0 Å². The van der Waals surface area contributed by atoms with Crippen LogP contribution >= 0.6 is 7.82 Å². The van der Waals surface area contributed by atoms with Gasteiger partial charge in [-0.25, -0.2) is 0 Å². The number of unbranched alkanes of at least 4 members (excludes halogenated alkanes) is 7. The molecule has 286 valence electrons. The highest BCUT2D eigenvalue weighted by molar-refractivity contribution is 7.45. The first kappa shape index (κ1) is 47.7. The first-order chi connectivity index (χ1) is 24.0. The van der Waals surface area contributed by atoms with Gasteiger partial charge in [0, 0.05) is 6.42 Å². The number of phosphoric ester groups is 1. The number of nitrogens with zero attached hydrogens (tertiary/aromatic N) is 1. The molecular weight excluding hydrogens is 647 g/mol. The summed E-state index contributed by atoms with van der Waals surface area (Å²) in [5.41, 5.74) is 0. The van der Waals surface area contributed by atoms with E-state index in [9.17, 15) is 19.4 Å². The number of carbonyl (C=O) groups is 1. The number of amides is 1. The van der Waals surface area contributed by atoms with Gasteiger partial charge in [-0.1, -0.05) is 125 Å². The summed E-state index contributed by atoms with van der Waals surface area (Å²) in [5, 5.41) is 13.6. The van der Waals surface area contributed by atoms with Gasteiger partial charge in [-0.3, -0.25) is 9.36 Å². The number of likely N-dealkylation sites (N-methyl/N-ethyl adjacent to an activating group) is 1. The van der Waals surface area contributed by atoms with Gasteiger partial charge in [0.2, 0.25) is 5.91 Å². The summed E-state index contributed by atoms with van der Waals surface area (Å²) < 4.78 is 23.0. The van der Waals surface area contributed by atoms with Gasteiger partial charge in [0.25, 0.3) is 7.82 Å². The predicted molar refractivity (Wildman–Crippen MR) is 210 cm³/mol. The Labute approximate surface area is 306 Å². The van der Waals surface area contributed by atoms with Crippen molar-refractivity contribution in [3.8, 4) is 0 Å². The molecule has 9 heteroatoms. The normalized spacial score (nSPS) is 15.6. The molecule has 0 aliphatic rings. The number of aliphatic hydroxyl groups excluding tert-OH is 1. The SMILES string of the molecule is CC/C=C\C/C=C\C/C=C\C/C=C\C/C=C\CCCCCCCC(=O)NC(COP(=O)([O-])OCC[N+](C)(C)C)C(O)/C=C/CC/C=C/CCC. The standard InChI is InChI=1S/C41H71N2O6P/c1-6-8-10-12-14-15-16-17-18-19-20-21-22-23-24-25-26-27-29-31-33-35-41(45)42-39(40(44)34-32-30-28-13-11-9-7-2)38-49-50(46,47)48-37-36-43(3,4)5/h8,10-11,13-15,17-18,20-21,23-24,32,34,39-40,44H,6-7,9,12,16,19,22,25-31,33,35-38H2,1-5H3,(H-,42,45,46,47)/b10-8-,13-11+,15-14-,18-17-,21-20-,24-23-,34-32+. The lowest BCUT2D eigenvalue weighted by atomic mass is 10.1. The number of aliphatic hydroxyl groups is 1. The maximum atomic E-state index is 12.7. The molecule has 1 amide bonds. The summed E-state index contributed by atoms with van der Waals surface area (Å²) in [6.07, 6.45) is 43.7. The highest BCUT2D eigenvalue weighted by Gasteiger charge is 2.23. The first-order valence-corrected chi connectivity index (χ1v) is 20.4. The van der Waals surface area contributed by atoms with Crippen molar-refractivity contribution in [2.75, 3.05) is 40.9 Å². The van der Waals surface area contributed by atoms with Crippen LogP contribution in [0.15, 0.2) is 85.1 Å². The second-order valence-electron chi connectivity index (χ2n) is 13.5. The Balaban J connectivity index is 4.41. The first-order valence-electron chi connectivity index (χ1n) is 18.9. The van der Waals surface area contributed by atoms with Crippen molar-refractivity contribution < 1.29 is 32.9 Å². The fourth-order valence-electron chi connectivity index (χ4n) is 4.55. The van der Waals surface area contributed by atoms with Crippen molar-refractivity contribution >= 4 is 13.7 Å². The summed E-state index contributed by atoms with van der Waals surface area (Å²) >= 11 is 0.